The van der Waals surface area contributed by atoms with Gasteiger partial charge in [-0.05, 0) is 43.5 Å². The first-order valence-corrected chi connectivity index (χ1v) is 6.21. The van der Waals surface area contributed by atoms with Crippen LogP contribution in [0.15, 0.2) is 18.3 Å². The number of aryl methyl sites for hydroxylation is 1. The van der Waals surface area contributed by atoms with E-state index in [1.807, 2.05) is 29.9 Å². The van der Waals surface area contributed by atoms with Crippen molar-refractivity contribution < 1.29 is 4.79 Å². The Morgan fingerprint density at radius 2 is 2.17 bits per heavy atom. The molecule has 1 fully saturated rings. The van der Waals surface area contributed by atoms with Gasteiger partial charge in [0.15, 0.2) is 0 Å². The van der Waals surface area contributed by atoms with Crippen LogP contribution in [0.25, 0.3) is 0 Å². The van der Waals surface area contributed by atoms with Crippen LogP contribution in [-0.4, -0.2) is 30.1 Å². The van der Waals surface area contributed by atoms with Crippen molar-refractivity contribution in [3.8, 4) is 0 Å². The number of nitrogens with zero attached hydrogens (tertiary/aromatic N) is 1. The second-order valence-corrected chi connectivity index (χ2v) is 5.25. The molecule has 0 bridgehead atoms. The number of carbonyl (C=O) groups excluding carboxylic acids is 1. The van der Waals surface area contributed by atoms with Crippen LogP contribution in [0.5, 0.6) is 0 Å². The molecular weight excluding hydrogens is 250 g/mol. The van der Waals surface area contributed by atoms with Crippen molar-refractivity contribution in [3.05, 3.63) is 24.0 Å². The second-order valence-electron chi connectivity index (χ2n) is 5.25. The minimum absolute atomic E-state index is 0. The van der Waals surface area contributed by atoms with Crippen molar-refractivity contribution in [3.63, 3.8) is 0 Å². The van der Waals surface area contributed by atoms with Gasteiger partial charge in [0, 0.05) is 19.8 Å². The van der Waals surface area contributed by atoms with Gasteiger partial charge >= 0.3 is 0 Å². The lowest BCUT2D eigenvalue weighted by atomic mass is 9.81. The number of amides is 1. The third-order valence-corrected chi connectivity index (χ3v) is 3.66. The lowest BCUT2D eigenvalue weighted by Crippen LogP contribution is -2.43. The molecule has 0 aromatic carbocycles. The molecule has 1 aromatic heterocycles. The quantitative estimate of drug-likeness (QED) is 0.877. The Morgan fingerprint density at radius 3 is 2.72 bits per heavy atom. The van der Waals surface area contributed by atoms with Gasteiger partial charge in [0.2, 0.25) is 0 Å². The van der Waals surface area contributed by atoms with Gasteiger partial charge in [-0.1, -0.05) is 6.92 Å². The fraction of sp³-hybridized carbons (Fsp3) is 0.615. The molecule has 2 rings (SSSR count). The Morgan fingerprint density at radius 1 is 1.50 bits per heavy atom. The molecule has 2 heterocycles. The summed E-state index contributed by atoms with van der Waals surface area (Å²) >= 11 is 0. The molecule has 1 aliphatic heterocycles. The molecule has 2 N–H and O–H groups in total. The lowest BCUT2D eigenvalue weighted by Gasteiger charge is -2.34. The molecule has 1 aromatic rings. The van der Waals surface area contributed by atoms with Crippen molar-refractivity contribution in [1.82, 2.24) is 15.2 Å². The largest absolute Gasteiger partial charge is 0.350 e. The summed E-state index contributed by atoms with van der Waals surface area (Å²) in [5.74, 6) is 0.0252. The molecule has 102 valence electrons. The van der Waals surface area contributed by atoms with Gasteiger partial charge in [-0.2, -0.15) is 0 Å². The number of hydrogen-bond acceptors (Lipinski definition) is 2. The van der Waals surface area contributed by atoms with Gasteiger partial charge in [-0.15, -0.1) is 12.4 Å². The van der Waals surface area contributed by atoms with Crippen molar-refractivity contribution in [1.29, 1.82) is 0 Å². The van der Waals surface area contributed by atoms with E-state index in [-0.39, 0.29) is 23.7 Å². The third kappa shape index (κ3) is 3.50. The van der Waals surface area contributed by atoms with Gasteiger partial charge in [-0.3, -0.25) is 4.79 Å². The van der Waals surface area contributed by atoms with Gasteiger partial charge in [-0.25, -0.2) is 0 Å². The van der Waals surface area contributed by atoms with Crippen molar-refractivity contribution in [2.45, 2.75) is 19.8 Å². The molecule has 0 aliphatic carbocycles. The number of halogens is 1. The van der Waals surface area contributed by atoms with Crippen LogP contribution in [0, 0.1) is 5.41 Å². The van der Waals surface area contributed by atoms with E-state index in [1.165, 1.54) is 0 Å². The predicted octanol–water partition coefficient (Wildman–Crippen LogP) is 1.57. The van der Waals surface area contributed by atoms with E-state index >= 15 is 0 Å². The smallest absolute Gasteiger partial charge is 0.267 e. The molecule has 0 radical (unpaired) electrons. The number of carbonyl (C=O) groups is 1. The molecule has 0 atom stereocenters. The van der Waals surface area contributed by atoms with Crippen LogP contribution in [0.1, 0.15) is 30.3 Å². The number of nitrogens with one attached hydrogen (secondary N) is 2. The fourth-order valence-electron chi connectivity index (χ4n) is 2.29. The van der Waals surface area contributed by atoms with E-state index in [4.69, 9.17) is 0 Å². The zero-order valence-corrected chi connectivity index (χ0v) is 11.8. The highest BCUT2D eigenvalue weighted by atomic mass is 35.5. The van der Waals surface area contributed by atoms with Crippen molar-refractivity contribution in [2.24, 2.45) is 12.5 Å². The minimum Gasteiger partial charge on any atom is -0.350 e. The highest BCUT2D eigenvalue weighted by Crippen LogP contribution is 2.26. The predicted molar refractivity (Wildman–Crippen MR) is 75.2 cm³/mol. The Kier molecular flexibility index (Phi) is 5.23. The first kappa shape index (κ1) is 15.1. The normalized spacial score (nSPS) is 17.9. The number of aromatic nitrogens is 1. The Labute approximate surface area is 115 Å². The van der Waals surface area contributed by atoms with Crippen molar-refractivity contribution in [2.75, 3.05) is 19.6 Å². The van der Waals surface area contributed by atoms with Crippen LogP contribution in [0.4, 0.5) is 0 Å². The number of hydrogen-bond donors (Lipinski definition) is 2. The maximum absolute atomic E-state index is 12.0. The number of piperidine rings is 1. The average Bonchev–Trinajstić information content (AvgIpc) is 2.74. The molecule has 4 nitrogen and oxygen atoms in total. The average molecular weight is 272 g/mol. The monoisotopic (exact) mass is 271 g/mol. The van der Waals surface area contributed by atoms with E-state index in [0.717, 1.165) is 38.2 Å². The summed E-state index contributed by atoms with van der Waals surface area (Å²) in [4.78, 5) is 12.0. The molecule has 1 saturated heterocycles. The van der Waals surface area contributed by atoms with E-state index in [0.29, 0.717) is 0 Å². The van der Waals surface area contributed by atoms with Gasteiger partial charge in [0.05, 0.1) is 0 Å². The summed E-state index contributed by atoms with van der Waals surface area (Å²) < 4.78 is 1.85. The van der Waals surface area contributed by atoms with Crippen molar-refractivity contribution >= 4 is 18.3 Å². The maximum Gasteiger partial charge on any atom is 0.267 e. The topological polar surface area (TPSA) is 46.1 Å². The fourth-order valence-corrected chi connectivity index (χ4v) is 2.29. The van der Waals surface area contributed by atoms with E-state index in [1.54, 1.807) is 0 Å². The zero-order valence-electron chi connectivity index (χ0n) is 11.0. The van der Waals surface area contributed by atoms with E-state index in [2.05, 4.69) is 17.6 Å². The van der Waals surface area contributed by atoms with Crippen LogP contribution >= 0.6 is 12.4 Å². The van der Waals surface area contributed by atoms with Crippen LogP contribution in [0.3, 0.4) is 0 Å². The molecule has 0 saturated carbocycles. The summed E-state index contributed by atoms with van der Waals surface area (Å²) in [6.45, 7) is 5.12. The van der Waals surface area contributed by atoms with Crippen LogP contribution in [0.2, 0.25) is 0 Å². The maximum atomic E-state index is 12.0. The van der Waals surface area contributed by atoms with Gasteiger partial charge in [0.1, 0.15) is 5.69 Å². The first-order chi connectivity index (χ1) is 8.11. The summed E-state index contributed by atoms with van der Waals surface area (Å²) in [5, 5.41) is 6.40. The molecule has 1 amide bonds. The lowest BCUT2D eigenvalue weighted by molar-refractivity contribution is 0.0914. The second kappa shape index (κ2) is 6.25. The standard InChI is InChI=1S/C13H21N3O.ClH/c1-13(5-7-14-8-6-13)10-15-12(17)11-4-3-9-16(11)2;/h3-4,9,14H,5-8,10H2,1-2H3,(H,15,17);1H. The molecule has 18 heavy (non-hydrogen) atoms. The highest BCUT2D eigenvalue weighted by molar-refractivity contribution is 5.92. The Bertz CT molecular complexity index is 397. The summed E-state index contributed by atoms with van der Waals surface area (Å²) in [6.07, 6.45) is 4.14. The van der Waals surface area contributed by atoms with Crippen LogP contribution < -0.4 is 10.6 Å². The Balaban J connectivity index is 0.00000162. The minimum atomic E-state index is 0. The third-order valence-electron chi connectivity index (χ3n) is 3.66. The molecule has 0 unspecified atom stereocenters. The molecule has 0 spiro atoms. The molecular formula is C13H22ClN3O. The van der Waals surface area contributed by atoms with Gasteiger partial charge < -0.3 is 15.2 Å². The van der Waals surface area contributed by atoms with Crippen LogP contribution in [-0.2, 0) is 7.05 Å². The molecule has 5 heteroatoms. The van der Waals surface area contributed by atoms with Gasteiger partial charge in [0.25, 0.3) is 5.91 Å². The summed E-state index contributed by atoms with van der Waals surface area (Å²) in [6, 6.07) is 3.74. The van der Waals surface area contributed by atoms with E-state index in [9.17, 15) is 4.79 Å². The summed E-state index contributed by atoms with van der Waals surface area (Å²) in [7, 11) is 1.89. The first-order valence-electron chi connectivity index (χ1n) is 6.21. The number of rotatable bonds is 3. The van der Waals surface area contributed by atoms with E-state index < -0.39 is 0 Å². The Hall–Kier alpha value is -1.00. The highest BCUT2D eigenvalue weighted by Gasteiger charge is 2.27. The zero-order chi connectivity index (χ0) is 12.3. The summed E-state index contributed by atoms with van der Waals surface area (Å²) in [5.41, 5.74) is 0.967. The SMILES string of the molecule is Cl.Cn1cccc1C(=O)NCC1(C)CCNCC1. The molecule has 1 aliphatic rings.